The van der Waals surface area contributed by atoms with E-state index in [1.54, 1.807) is 0 Å². The molecule has 1 atom stereocenters. The average Bonchev–Trinajstić information content (AvgIpc) is 3.16. The van der Waals surface area contributed by atoms with Crippen LogP contribution >= 0.6 is 0 Å². The summed E-state index contributed by atoms with van der Waals surface area (Å²) in [6, 6.07) is 16.3. The molecule has 0 saturated heterocycles. The number of aryl methyl sites for hydroxylation is 1. The fraction of sp³-hybridized carbons (Fsp3) is 0.292. The van der Waals surface area contributed by atoms with Crippen molar-refractivity contribution in [1.29, 1.82) is 0 Å². The maximum absolute atomic E-state index is 12.9. The minimum Gasteiger partial charge on any atom is -0.378 e. The van der Waals surface area contributed by atoms with Gasteiger partial charge < -0.3 is 10.2 Å². The van der Waals surface area contributed by atoms with Gasteiger partial charge in [-0.2, -0.15) is 4.98 Å². The highest BCUT2D eigenvalue weighted by Gasteiger charge is 2.36. The number of aromatic nitrogens is 3. The van der Waals surface area contributed by atoms with E-state index in [0.29, 0.717) is 18.2 Å². The summed E-state index contributed by atoms with van der Waals surface area (Å²) < 4.78 is 1.88. The number of hydrogen-bond acceptors (Lipinski definition) is 5. The van der Waals surface area contributed by atoms with E-state index in [1.165, 1.54) is 0 Å². The monoisotopic (exact) mass is 399 g/mol. The van der Waals surface area contributed by atoms with Crippen LogP contribution in [0.1, 0.15) is 36.4 Å². The van der Waals surface area contributed by atoms with Gasteiger partial charge in [-0.25, -0.2) is 4.68 Å². The van der Waals surface area contributed by atoms with E-state index >= 15 is 0 Å². The molecule has 6 nitrogen and oxygen atoms in total. The second kappa shape index (κ2) is 7.13. The first-order valence-corrected chi connectivity index (χ1v) is 10.4. The molecule has 0 spiro atoms. The number of fused-ring (bicyclic) bond motifs is 1. The van der Waals surface area contributed by atoms with Crippen molar-refractivity contribution < 1.29 is 4.79 Å². The highest BCUT2D eigenvalue weighted by atomic mass is 16.1. The molecule has 0 saturated carbocycles. The third-order valence-electron chi connectivity index (χ3n) is 5.87. The van der Waals surface area contributed by atoms with Crippen LogP contribution in [0.5, 0.6) is 0 Å². The molecule has 0 bridgehead atoms. The Balaban J connectivity index is 1.63. The lowest BCUT2D eigenvalue weighted by molar-refractivity contribution is -0.116. The van der Waals surface area contributed by atoms with E-state index in [2.05, 4.69) is 47.5 Å². The summed E-state index contributed by atoms with van der Waals surface area (Å²) in [4.78, 5) is 19.8. The van der Waals surface area contributed by atoms with E-state index in [9.17, 15) is 4.79 Å². The standard InChI is InChI=1S/C24H25N5O/c1-15-6-4-7-17(14-15)22-21-19(8-5-9-20(21)30)25-24-26-23(27-29(22)24)16-10-12-18(13-11-16)28(2)3/h4,6-7,10-14,22H,5,8-9H2,1-3H3,(H,25,26,27). The van der Waals surface area contributed by atoms with E-state index < -0.39 is 0 Å². The van der Waals surface area contributed by atoms with Gasteiger partial charge in [0.2, 0.25) is 5.95 Å². The number of nitrogens with one attached hydrogen (secondary N) is 1. The second-order valence-electron chi connectivity index (χ2n) is 8.26. The fourth-order valence-corrected chi connectivity index (χ4v) is 4.34. The smallest absolute Gasteiger partial charge is 0.226 e. The number of ketones is 1. The molecule has 0 fully saturated rings. The van der Waals surface area contributed by atoms with Crippen molar-refractivity contribution >= 4 is 17.4 Å². The molecule has 30 heavy (non-hydrogen) atoms. The van der Waals surface area contributed by atoms with Crippen LogP contribution in [0.2, 0.25) is 0 Å². The predicted octanol–water partition coefficient (Wildman–Crippen LogP) is 4.34. The van der Waals surface area contributed by atoms with Crippen LogP contribution < -0.4 is 10.2 Å². The molecule has 2 aromatic carbocycles. The number of anilines is 2. The first-order valence-electron chi connectivity index (χ1n) is 10.4. The lowest BCUT2D eigenvalue weighted by Crippen LogP contribution is -2.31. The molecule has 6 heteroatoms. The summed E-state index contributed by atoms with van der Waals surface area (Å²) in [5.74, 6) is 1.56. The fourth-order valence-electron chi connectivity index (χ4n) is 4.34. The summed E-state index contributed by atoms with van der Waals surface area (Å²) in [5, 5.41) is 8.25. The van der Waals surface area contributed by atoms with E-state index in [4.69, 9.17) is 10.1 Å². The highest BCUT2D eigenvalue weighted by Crippen LogP contribution is 2.40. The number of Topliss-reactive ketones (excluding diaryl/α,β-unsaturated/α-hetero) is 1. The van der Waals surface area contributed by atoms with Gasteiger partial charge in [-0.15, -0.1) is 5.10 Å². The topological polar surface area (TPSA) is 63.1 Å². The van der Waals surface area contributed by atoms with Crippen LogP contribution in [0, 0.1) is 6.92 Å². The van der Waals surface area contributed by atoms with Crippen molar-refractivity contribution in [1.82, 2.24) is 14.8 Å². The van der Waals surface area contributed by atoms with Gasteiger partial charge in [-0.3, -0.25) is 4.79 Å². The lowest BCUT2D eigenvalue weighted by Gasteiger charge is -2.32. The van der Waals surface area contributed by atoms with Gasteiger partial charge in [-0.1, -0.05) is 29.8 Å². The molecule has 1 aromatic heterocycles. The first kappa shape index (κ1) is 18.6. The number of carbonyl (C=O) groups excluding carboxylic acids is 1. The number of hydrogen-bond donors (Lipinski definition) is 1. The number of benzene rings is 2. The third kappa shape index (κ3) is 3.09. The Hall–Kier alpha value is -3.41. The zero-order valence-corrected chi connectivity index (χ0v) is 17.5. The minimum absolute atomic E-state index is 0.202. The Kier molecular flexibility index (Phi) is 4.42. The molecule has 1 aliphatic heterocycles. The van der Waals surface area contributed by atoms with Crippen LogP contribution in [0.3, 0.4) is 0 Å². The molecule has 1 unspecified atom stereocenters. The van der Waals surface area contributed by atoms with Crippen molar-refractivity contribution in [3.63, 3.8) is 0 Å². The Bertz CT molecular complexity index is 1160. The number of rotatable bonds is 3. The molecule has 0 amide bonds. The van der Waals surface area contributed by atoms with Crippen molar-refractivity contribution in [2.45, 2.75) is 32.2 Å². The van der Waals surface area contributed by atoms with Crippen molar-refractivity contribution in [2.75, 3.05) is 24.3 Å². The molecule has 0 radical (unpaired) electrons. The Morgan fingerprint density at radius 2 is 1.90 bits per heavy atom. The molecule has 3 aromatic rings. The zero-order valence-electron chi connectivity index (χ0n) is 17.5. The van der Waals surface area contributed by atoms with Crippen molar-refractivity contribution in [3.8, 4) is 11.4 Å². The summed E-state index contributed by atoms with van der Waals surface area (Å²) in [5.41, 5.74) is 6.14. The van der Waals surface area contributed by atoms with Gasteiger partial charge in [0.25, 0.3) is 0 Å². The molecule has 5 rings (SSSR count). The minimum atomic E-state index is -0.244. The lowest BCUT2D eigenvalue weighted by atomic mass is 9.85. The Morgan fingerprint density at radius 3 is 2.63 bits per heavy atom. The van der Waals surface area contributed by atoms with Crippen LogP contribution in [-0.4, -0.2) is 34.6 Å². The van der Waals surface area contributed by atoms with E-state index in [1.807, 2.05) is 37.0 Å². The molecule has 1 aliphatic carbocycles. The van der Waals surface area contributed by atoms with Crippen LogP contribution in [-0.2, 0) is 4.79 Å². The van der Waals surface area contributed by atoms with Gasteiger partial charge in [0, 0.05) is 43.0 Å². The van der Waals surface area contributed by atoms with E-state index in [-0.39, 0.29) is 11.8 Å². The SMILES string of the molecule is Cc1cccc(C2C3=C(CCCC3=O)Nc3nc(-c4ccc(N(C)C)cc4)nn32)c1. The number of allylic oxidation sites excluding steroid dienone is 2. The quantitative estimate of drug-likeness (QED) is 0.710. The summed E-state index contributed by atoms with van der Waals surface area (Å²) in [6.45, 7) is 2.07. The first-order chi connectivity index (χ1) is 14.5. The largest absolute Gasteiger partial charge is 0.378 e. The van der Waals surface area contributed by atoms with E-state index in [0.717, 1.165) is 46.5 Å². The maximum Gasteiger partial charge on any atom is 0.226 e. The number of nitrogens with zero attached hydrogens (tertiary/aromatic N) is 4. The molecule has 2 heterocycles. The van der Waals surface area contributed by atoms with Crippen molar-refractivity contribution in [3.05, 3.63) is 70.9 Å². The number of carbonyl (C=O) groups is 1. The Labute approximate surface area is 176 Å². The second-order valence-corrected chi connectivity index (χ2v) is 8.26. The average molecular weight is 399 g/mol. The van der Waals surface area contributed by atoms with Crippen molar-refractivity contribution in [2.24, 2.45) is 0 Å². The predicted molar refractivity (Wildman–Crippen MR) is 119 cm³/mol. The highest BCUT2D eigenvalue weighted by molar-refractivity contribution is 5.99. The van der Waals surface area contributed by atoms with Gasteiger partial charge in [0.1, 0.15) is 6.04 Å². The third-order valence-corrected chi connectivity index (χ3v) is 5.87. The summed E-state index contributed by atoms with van der Waals surface area (Å²) in [7, 11) is 4.04. The molecule has 1 N–H and O–H groups in total. The molecule has 2 aliphatic rings. The van der Waals surface area contributed by atoms with Gasteiger partial charge in [-0.05, 0) is 49.6 Å². The Morgan fingerprint density at radius 1 is 1.10 bits per heavy atom. The van der Waals surface area contributed by atoms with Crippen LogP contribution in [0.15, 0.2) is 59.8 Å². The summed E-state index contributed by atoms with van der Waals surface area (Å²) in [6.07, 6.45) is 2.33. The van der Waals surface area contributed by atoms with Gasteiger partial charge in [0.05, 0.1) is 0 Å². The van der Waals surface area contributed by atoms with Crippen LogP contribution in [0.25, 0.3) is 11.4 Å². The molecular weight excluding hydrogens is 374 g/mol. The molecular formula is C24H25N5O. The maximum atomic E-state index is 12.9. The van der Waals surface area contributed by atoms with Gasteiger partial charge >= 0.3 is 0 Å². The summed E-state index contributed by atoms with van der Waals surface area (Å²) >= 11 is 0. The van der Waals surface area contributed by atoms with Gasteiger partial charge in [0.15, 0.2) is 11.6 Å². The van der Waals surface area contributed by atoms with Crippen LogP contribution in [0.4, 0.5) is 11.6 Å². The normalized spacial score (nSPS) is 18.0. The zero-order chi connectivity index (χ0) is 20.8. The molecule has 152 valence electrons.